The molecule has 2 N–H and O–H groups in total. The molecule has 1 aromatic carbocycles. The highest BCUT2D eigenvalue weighted by atomic mass is 16.5. The van der Waals surface area contributed by atoms with Gasteiger partial charge >= 0.3 is 5.97 Å². The molecule has 0 bridgehead atoms. The number of nitrogens with one attached hydrogen (secondary N) is 1. The maximum Gasteiger partial charge on any atom is 0.303 e. The minimum atomic E-state index is -0.976. The molecule has 20 heavy (non-hydrogen) atoms. The molecule has 0 unspecified atom stereocenters. The van der Waals surface area contributed by atoms with Crippen molar-refractivity contribution in [1.82, 2.24) is 0 Å². The van der Waals surface area contributed by atoms with E-state index in [0.29, 0.717) is 11.4 Å². The normalized spacial score (nSPS) is 15.0. The van der Waals surface area contributed by atoms with Gasteiger partial charge in [0.1, 0.15) is 5.75 Å². The molecule has 1 amide bonds. The van der Waals surface area contributed by atoms with Gasteiger partial charge < -0.3 is 15.2 Å². The summed E-state index contributed by atoms with van der Waals surface area (Å²) in [5.41, 5.74) is 0.606. The van der Waals surface area contributed by atoms with E-state index in [1.54, 1.807) is 6.07 Å². The van der Waals surface area contributed by atoms with Crippen molar-refractivity contribution >= 4 is 17.6 Å². The summed E-state index contributed by atoms with van der Waals surface area (Å²) < 4.78 is 5.90. The Morgan fingerprint density at radius 1 is 1.20 bits per heavy atom. The topological polar surface area (TPSA) is 75.6 Å². The molecule has 1 fully saturated rings. The second-order valence-corrected chi connectivity index (χ2v) is 4.96. The summed E-state index contributed by atoms with van der Waals surface area (Å²) in [6.07, 6.45) is 4.45. The maximum absolute atomic E-state index is 11.7. The van der Waals surface area contributed by atoms with Gasteiger partial charge in [-0.3, -0.25) is 9.59 Å². The highest BCUT2D eigenvalue weighted by Crippen LogP contribution is 2.29. The Balaban J connectivity index is 1.96. The molecular weight excluding hydrogens is 258 g/mol. The van der Waals surface area contributed by atoms with Crippen LogP contribution in [0.5, 0.6) is 5.75 Å². The number of hydrogen-bond acceptors (Lipinski definition) is 3. The summed E-state index contributed by atoms with van der Waals surface area (Å²) in [5.74, 6) is -0.631. The Kier molecular flexibility index (Phi) is 4.98. The maximum atomic E-state index is 11.7. The quantitative estimate of drug-likeness (QED) is 0.838. The van der Waals surface area contributed by atoms with Crippen LogP contribution in [-0.4, -0.2) is 23.1 Å². The molecule has 0 aliphatic heterocycles. The standard InChI is InChI=1S/C15H19NO4/c17-14(9-10-15(18)19)16-12-7-3-4-8-13(12)20-11-5-1-2-6-11/h3-4,7-8,11H,1-2,5-6,9-10H2,(H,16,17)(H,18,19). The van der Waals surface area contributed by atoms with E-state index in [4.69, 9.17) is 9.84 Å². The Morgan fingerprint density at radius 2 is 1.90 bits per heavy atom. The highest BCUT2D eigenvalue weighted by Gasteiger charge is 2.18. The van der Waals surface area contributed by atoms with E-state index in [1.807, 2.05) is 18.2 Å². The number of benzene rings is 1. The van der Waals surface area contributed by atoms with E-state index in [1.165, 1.54) is 12.8 Å². The van der Waals surface area contributed by atoms with Crippen LogP contribution in [0.3, 0.4) is 0 Å². The molecule has 1 saturated carbocycles. The van der Waals surface area contributed by atoms with E-state index in [9.17, 15) is 9.59 Å². The largest absolute Gasteiger partial charge is 0.488 e. The van der Waals surface area contributed by atoms with Crippen LogP contribution in [0.25, 0.3) is 0 Å². The van der Waals surface area contributed by atoms with Crippen molar-refractivity contribution in [1.29, 1.82) is 0 Å². The number of carboxylic acids is 1. The number of hydrogen-bond donors (Lipinski definition) is 2. The molecule has 1 aliphatic carbocycles. The zero-order chi connectivity index (χ0) is 14.4. The van der Waals surface area contributed by atoms with Crippen LogP contribution in [0.15, 0.2) is 24.3 Å². The fraction of sp³-hybridized carbons (Fsp3) is 0.467. The average Bonchev–Trinajstić information content (AvgIpc) is 2.92. The first kappa shape index (κ1) is 14.4. The number of amides is 1. The number of carboxylic acid groups (broad SMARTS) is 1. The zero-order valence-electron chi connectivity index (χ0n) is 11.3. The van der Waals surface area contributed by atoms with Crippen molar-refractivity contribution in [2.24, 2.45) is 0 Å². The Bertz CT molecular complexity index is 481. The van der Waals surface area contributed by atoms with Crippen LogP contribution in [0.1, 0.15) is 38.5 Å². The van der Waals surface area contributed by atoms with Gasteiger partial charge in [0, 0.05) is 6.42 Å². The summed E-state index contributed by atoms with van der Waals surface area (Å²) in [6, 6.07) is 7.26. The predicted molar refractivity (Wildman–Crippen MR) is 74.8 cm³/mol. The Morgan fingerprint density at radius 3 is 2.60 bits per heavy atom. The summed E-state index contributed by atoms with van der Waals surface area (Å²) in [6.45, 7) is 0. The summed E-state index contributed by atoms with van der Waals surface area (Å²) in [7, 11) is 0. The molecule has 1 aliphatic rings. The van der Waals surface area contributed by atoms with Crippen LogP contribution >= 0.6 is 0 Å². The molecule has 108 valence electrons. The Labute approximate surface area is 117 Å². The molecule has 2 rings (SSSR count). The molecule has 1 aromatic rings. The summed E-state index contributed by atoms with van der Waals surface area (Å²) in [4.78, 5) is 22.1. The third-order valence-electron chi connectivity index (χ3n) is 3.32. The van der Waals surface area contributed by atoms with Crippen molar-refractivity contribution in [2.45, 2.75) is 44.6 Å². The summed E-state index contributed by atoms with van der Waals surface area (Å²) in [5, 5.41) is 11.3. The zero-order valence-corrected chi connectivity index (χ0v) is 11.3. The van der Waals surface area contributed by atoms with Gasteiger partial charge in [-0.15, -0.1) is 0 Å². The molecule has 5 heteroatoms. The second-order valence-electron chi connectivity index (χ2n) is 4.96. The van der Waals surface area contributed by atoms with Gasteiger partial charge in [0.2, 0.25) is 5.91 Å². The number of ether oxygens (including phenoxy) is 1. The molecule has 0 saturated heterocycles. The minimum absolute atomic E-state index is 0.0346. The number of carbonyl (C=O) groups is 2. The van der Waals surface area contributed by atoms with Crippen LogP contribution in [0.4, 0.5) is 5.69 Å². The molecular formula is C15H19NO4. The first-order valence-electron chi connectivity index (χ1n) is 6.92. The van der Waals surface area contributed by atoms with E-state index < -0.39 is 5.97 Å². The fourth-order valence-corrected chi connectivity index (χ4v) is 2.29. The van der Waals surface area contributed by atoms with Crippen LogP contribution in [-0.2, 0) is 9.59 Å². The van der Waals surface area contributed by atoms with Gasteiger partial charge in [-0.2, -0.15) is 0 Å². The lowest BCUT2D eigenvalue weighted by atomic mass is 10.2. The first-order valence-corrected chi connectivity index (χ1v) is 6.92. The van der Waals surface area contributed by atoms with Crippen molar-refractivity contribution in [2.75, 3.05) is 5.32 Å². The molecule has 0 atom stereocenters. The lowest BCUT2D eigenvalue weighted by Gasteiger charge is -2.16. The molecule has 5 nitrogen and oxygen atoms in total. The molecule has 0 radical (unpaired) electrons. The van der Waals surface area contributed by atoms with Gasteiger partial charge in [0.15, 0.2) is 0 Å². The van der Waals surface area contributed by atoms with Crippen molar-refractivity contribution in [3.05, 3.63) is 24.3 Å². The number of carbonyl (C=O) groups excluding carboxylic acids is 1. The van der Waals surface area contributed by atoms with Crippen molar-refractivity contribution < 1.29 is 19.4 Å². The van der Waals surface area contributed by atoms with Crippen molar-refractivity contribution in [3.8, 4) is 5.75 Å². The lowest BCUT2D eigenvalue weighted by Crippen LogP contribution is -2.16. The molecule has 0 heterocycles. The molecule has 0 spiro atoms. The number of rotatable bonds is 6. The van der Waals surface area contributed by atoms with E-state index >= 15 is 0 Å². The Hall–Kier alpha value is -2.04. The lowest BCUT2D eigenvalue weighted by molar-refractivity contribution is -0.138. The monoisotopic (exact) mass is 277 g/mol. The van der Waals surface area contributed by atoms with Crippen LogP contribution < -0.4 is 10.1 Å². The number of para-hydroxylation sites is 2. The number of aliphatic carboxylic acids is 1. The van der Waals surface area contributed by atoms with Crippen molar-refractivity contribution in [3.63, 3.8) is 0 Å². The van der Waals surface area contributed by atoms with E-state index in [0.717, 1.165) is 12.8 Å². The van der Waals surface area contributed by atoms with Gasteiger partial charge in [-0.25, -0.2) is 0 Å². The van der Waals surface area contributed by atoms with Gasteiger partial charge in [0.25, 0.3) is 0 Å². The third kappa shape index (κ3) is 4.26. The second kappa shape index (κ2) is 6.93. The minimum Gasteiger partial charge on any atom is -0.488 e. The molecule has 0 aromatic heterocycles. The van der Waals surface area contributed by atoms with Gasteiger partial charge in [-0.05, 0) is 37.8 Å². The average molecular weight is 277 g/mol. The third-order valence-corrected chi connectivity index (χ3v) is 3.32. The number of anilines is 1. The van der Waals surface area contributed by atoms with Crippen LogP contribution in [0, 0.1) is 0 Å². The van der Waals surface area contributed by atoms with Gasteiger partial charge in [0.05, 0.1) is 18.2 Å². The summed E-state index contributed by atoms with van der Waals surface area (Å²) >= 11 is 0. The smallest absolute Gasteiger partial charge is 0.303 e. The fourth-order valence-electron chi connectivity index (χ4n) is 2.29. The van der Waals surface area contributed by atoms with E-state index in [-0.39, 0.29) is 24.9 Å². The first-order chi connectivity index (χ1) is 9.65. The van der Waals surface area contributed by atoms with Crippen LogP contribution in [0.2, 0.25) is 0 Å². The predicted octanol–water partition coefficient (Wildman–Crippen LogP) is 2.81. The van der Waals surface area contributed by atoms with Gasteiger partial charge in [-0.1, -0.05) is 12.1 Å². The highest BCUT2D eigenvalue weighted by molar-refractivity contribution is 5.93. The SMILES string of the molecule is O=C(O)CCC(=O)Nc1ccccc1OC1CCCC1. The van der Waals surface area contributed by atoms with E-state index in [2.05, 4.69) is 5.32 Å².